The predicted molar refractivity (Wildman–Crippen MR) is 71.8 cm³/mol. The lowest BCUT2D eigenvalue weighted by Gasteiger charge is -2.09. The van der Waals surface area contributed by atoms with Crippen molar-refractivity contribution >= 4 is 0 Å². The molecule has 4 nitrogen and oxygen atoms in total. The van der Waals surface area contributed by atoms with Crippen LogP contribution in [0.5, 0.6) is 0 Å². The number of halogens is 5. The Morgan fingerprint density at radius 2 is 1.29 bits per heavy atom. The van der Waals surface area contributed by atoms with Crippen LogP contribution in [0.2, 0.25) is 0 Å². The van der Waals surface area contributed by atoms with Gasteiger partial charge in [0.05, 0.1) is 5.56 Å². The van der Waals surface area contributed by atoms with Gasteiger partial charge in [0, 0.05) is 5.56 Å². The average molecular weight is 336 g/mol. The van der Waals surface area contributed by atoms with Crippen LogP contribution >= 0.6 is 0 Å². The summed E-state index contributed by atoms with van der Waals surface area (Å²) in [5.74, 6) is -10.1. The minimum absolute atomic E-state index is 0.0685. The maximum atomic E-state index is 13.8. The molecular formula is C15H5F5N4. The highest BCUT2D eigenvalue weighted by Gasteiger charge is 2.26. The van der Waals surface area contributed by atoms with Crippen molar-refractivity contribution in [3.8, 4) is 28.5 Å². The first-order valence-corrected chi connectivity index (χ1v) is 6.39. The topological polar surface area (TPSA) is 65.4 Å². The van der Waals surface area contributed by atoms with Crippen LogP contribution in [0, 0.1) is 40.4 Å². The van der Waals surface area contributed by atoms with Crippen molar-refractivity contribution in [2.75, 3.05) is 0 Å². The van der Waals surface area contributed by atoms with Crippen LogP contribution in [0.1, 0.15) is 5.69 Å². The molecule has 0 spiro atoms. The second-order valence-electron chi connectivity index (χ2n) is 4.67. The van der Waals surface area contributed by atoms with E-state index in [2.05, 4.69) is 15.4 Å². The first-order chi connectivity index (χ1) is 11.5. The molecule has 0 aliphatic rings. The largest absolute Gasteiger partial charge is 0.247 e. The highest BCUT2D eigenvalue weighted by molar-refractivity contribution is 5.71. The van der Waals surface area contributed by atoms with Gasteiger partial charge in [0.2, 0.25) is 5.82 Å². The zero-order valence-corrected chi connectivity index (χ0v) is 11.5. The molecule has 0 aliphatic heterocycles. The first-order valence-electron chi connectivity index (χ1n) is 6.39. The normalized spacial score (nSPS) is 10.7. The monoisotopic (exact) mass is 336 g/mol. The van der Waals surface area contributed by atoms with Crippen LogP contribution in [-0.2, 0) is 0 Å². The quantitative estimate of drug-likeness (QED) is 0.441. The lowest BCUT2D eigenvalue weighted by molar-refractivity contribution is 0.381. The molecular weight excluding hydrogens is 331 g/mol. The van der Waals surface area contributed by atoms with Crippen LogP contribution in [0.25, 0.3) is 22.4 Å². The number of nitriles is 1. The minimum atomic E-state index is -2.22. The van der Waals surface area contributed by atoms with Crippen LogP contribution in [0.15, 0.2) is 24.3 Å². The number of hydrogen-bond acceptors (Lipinski definition) is 3. The van der Waals surface area contributed by atoms with E-state index in [4.69, 9.17) is 5.26 Å². The van der Waals surface area contributed by atoms with Crippen molar-refractivity contribution in [2.24, 2.45) is 0 Å². The average Bonchev–Trinajstić information content (AvgIpc) is 3.08. The van der Waals surface area contributed by atoms with Gasteiger partial charge in [-0.15, -0.1) is 5.10 Å². The van der Waals surface area contributed by atoms with Gasteiger partial charge in [0.25, 0.3) is 0 Å². The Labute approximate surface area is 131 Å². The van der Waals surface area contributed by atoms with Crippen molar-refractivity contribution in [3.63, 3.8) is 0 Å². The molecule has 0 fully saturated rings. The van der Waals surface area contributed by atoms with Crippen molar-refractivity contribution in [1.29, 1.82) is 5.26 Å². The van der Waals surface area contributed by atoms with Gasteiger partial charge in [-0.05, 0) is 5.56 Å². The van der Waals surface area contributed by atoms with Gasteiger partial charge in [0.1, 0.15) is 11.8 Å². The number of nitrogens with zero attached hydrogens (tertiary/aromatic N) is 3. The van der Waals surface area contributed by atoms with E-state index in [0.717, 1.165) is 12.1 Å². The Hall–Kier alpha value is -3.28. The smallest absolute Gasteiger partial charge is 0.200 e. The van der Waals surface area contributed by atoms with Crippen LogP contribution < -0.4 is 0 Å². The van der Waals surface area contributed by atoms with E-state index >= 15 is 0 Å². The molecule has 3 aromatic rings. The number of aromatic nitrogens is 3. The van der Waals surface area contributed by atoms with Gasteiger partial charge in [0.15, 0.2) is 29.0 Å². The third-order valence-electron chi connectivity index (χ3n) is 3.32. The van der Waals surface area contributed by atoms with Gasteiger partial charge in [-0.1, -0.05) is 29.5 Å². The van der Waals surface area contributed by atoms with E-state index in [0.29, 0.717) is 5.56 Å². The molecule has 1 aromatic heterocycles. The molecule has 0 amide bonds. The van der Waals surface area contributed by atoms with Gasteiger partial charge in [-0.2, -0.15) is 5.26 Å². The SMILES string of the molecule is N#Cc1[nH]nnc1-c1ccc(-c2c(F)c(F)c(F)c(F)c2F)cc1. The molecule has 24 heavy (non-hydrogen) atoms. The van der Waals surface area contributed by atoms with E-state index in [1.807, 2.05) is 6.07 Å². The molecule has 120 valence electrons. The maximum Gasteiger partial charge on any atom is 0.200 e. The number of benzene rings is 2. The summed E-state index contributed by atoms with van der Waals surface area (Å²) in [4.78, 5) is 0. The highest BCUT2D eigenvalue weighted by Crippen LogP contribution is 2.32. The summed E-state index contributed by atoms with van der Waals surface area (Å²) < 4.78 is 67.2. The Morgan fingerprint density at radius 1 is 0.792 bits per heavy atom. The van der Waals surface area contributed by atoms with Crippen molar-refractivity contribution < 1.29 is 22.0 Å². The third-order valence-corrected chi connectivity index (χ3v) is 3.32. The molecule has 0 aliphatic carbocycles. The van der Waals surface area contributed by atoms with Crippen LogP contribution in [-0.4, -0.2) is 15.4 Å². The third kappa shape index (κ3) is 2.28. The molecule has 3 rings (SSSR count). The number of hydrogen-bond donors (Lipinski definition) is 1. The number of H-pyrrole nitrogens is 1. The summed E-state index contributed by atoms with van der Waals surface area (Å²) in [6.07, 6.45) is 0. The first kappa shape index (κ1) is 15.6. The number of aromatic amines is 1. The minimum Gasteiger partial charge on any atom is -0.247 e. The van der Waals surface area contributed by atoms with E-state index in [-0.39, 0.29) is 17.0 Å². The lowest BCUT2D eigenvalue weighted by atomic mass is 10.0. The van der Waals surface area contributed by atoms with Gasteiger partial charge in [-0.3, -0.25) is 0 Å². The molecule has 9 heteroatoms. The van der Waals surface area contributed by atoms with E-state index in [1.54, 1.807) is 0 Å². The molecule has 0 unspecified atom stereocenters. The molecule has 0 atom stereocenters. The Morgan fingerprint density at radius 3 is 1.83 bits per heavy atom. The summed E-state index contributed by atoms with van der Waals surface area (Å²) >= 11 is 0. The molecule has 1 N–H and O–H groups in total. The van der Waals surface area contributed by atoms with E-state index in [9.17, 15) is 22.0 Å². The number of nitrogens with one attached hydrogen (secondary N) is 1. The standard InChI is InChI=1S/C15H5F5N4/c16-10-9(11(17)13(19)14(20)12(10)18)6-1-3-7(4-2-6)15-8(5-21)22-24-23-15/h1-4H,(H,22,23,24). The van der Waals surface area contributed by atoms with Crippen molar-refractivity contribution in [1.82, 2.24) is 15.4 Å². The van der Waals surface area contributed by atoms with Crippen molar-refractivity contribution in [3.05, 3.63) is 59.0 Å². The highest BCUT2D eigenvalue weighted by atomic mass is 19.2. The maximum absolute atomic E-state index is 13.8. The molecule has 0 saturated heterocycles. The summed E-state index contributed by atoms with van der Waals surface area (Å²) in [5, 5.41) is 18.4. The van der Waals surface area contributed by atoms with Crippen molar-refractivity contribution in [2.45, 2.75) is 0 Å². The fourth-order valence-corrected chi connectivity index (χ4v) is 2.16. The van der Waals surface area contributed by atoms with Gasteiger partial charge < -0.3 is 0 Å². The van der Waals surface area contributed by atoms with E-state index in [1.165, 1.54) is 12.1 Å². The molecule has 0 bridgehead atoms. The lowest BCUT2D eigenvalue weighted by Crippen LogP contribution is -2.03. The summed E-state index contributed by atoms with van der Waals surface area (Å²) in [6.45, 7) is 0. The molecule has 2 aromatic carbocycles. The van der Waals surface area contributed by atoms with Gasteiger partial charge >= 0.3 is 0 Å². The second-order valence-corrected chi connectivity index (χ2v) is 4.67. The Balaban J connectivity index is 2.12. The van der Waals surface area contributed by atoms with E-state index < -0.39 is 34.6 Å². The molecule has 1 heterocycles. The van der Waals surface area contributed by atoms with Gasteiger partial charge in [-0.25, -0.2) is 27.1 Å². The fraction of sp³-hybridized carbons (Fsp3) is 0. The fourth-order valence-electron chi connectivity index (χ4n) is 2.16. The molecule has 0 radical (unpaired) electrons. The Bertz CT molecular complexity index is 944. The molecule has 0 saturated carbocycles. The Kier molecular flexibility index (Phi) is 3.73. The summed E-state index contributed by atoms with van der Waals surface area (Å²) in [6, 6.07) is 6.78. The second kappa shape index (κ2) is 5.73. The summed E-state index contributed by atoms with van der Waals surface area (Å²) in [7, 11) is 0. The predicted octanol–water partition coefficient (Wildman–Crippen LogP) is 3.71. The summed E-state index contributed by atoms with van der Waals surface area (Å²) in [5.41, 5.74) is -0.597. The zero-order chi connectivity index (χ0) is 17.4. The zero-order valence-electron chi connectivity index (χ0n) is 11.5. The van der Waals surface area contributed by atoms with Crippen LogP contribution in [0.3, 0.4) is 0 Å². The number of rotatable bonds is 2. The van der Waals surface area contributed by atoms with Crippen LogP contribution in [0.4, 0.5) is 22.0 Å².